The molecule has 1 saturated carbocycles. The molecule has 0 spiro atoms. The zero-order valence-electron chi connectivity index (χ0n) is 10.4. The highest BCUT2D eigenvalue weighted by atomic mass is 15.0. The minimum atomic E-state index is 0.831. The molecule has 0 unspecified atom stereocenters. The fourth-order valence-electron chi connectivity index (χ4n) is 2.48. The second-order valence-corrected chi connectivity index (χ2v) is 5.08. The van der Waals surface area contributed by atoms with Gasteiger partial charge in [0, 0.05) is 23.8 Å². The highest BCUT2D eigenvalue weighted by molar-refractivity contribution is 5.81. The van der Waals surface area contributed by atoms with Crippen molar-refractivity contribution in [1.29, 1.82) is 0 Å². The van der Waals surface area contributed by atoms with Gasteiger partial charge in [0.25, 0.3) is 0 Å². The number of hydrogen-bond donors (Lipinski definition) is 1. The molecule has 1 N–H and O–H groups in total. The molecule has 1 aromatic carbocycles. The standard InChI is InChI=1S/C15H20N2/c1-12-11-13-5-2-3-6-15(13)17(12)10-4-9-16-14-7-8-14/h2-3,5-6,11,14,16H,4,7-10H2,1H3. The lowest BCUT2D eigenvalue weighted by atomic mass is 10.2. The van der Waals surface area contributed by atoms with Gasteiger partial charge in [0.1, 0.15) is 0 Å². The number of fused-ring (bicyclic) bond motifs is 1. The van der Waals surface area contributed by atoms with Crippen LogP contribution in [0.1, 0.15) is 25.0 Å². The number of nitrogens with one attached hydrogen (secondary N) is 1. The molecular formula is C15H20N2. The lowest BCUT2D eigenvalue weighted by Crippen LogP contribution is -2.19. The summed E-state index contributed by atoms with van der Waals surface area (Å²) in [5, 5.41) is 4.93. The summed E-state index contributed by atoms with van der Waals surface area (Å²) in [4.78, 5) is 0. The number of para-hydroxylation sites is 1. The Labute approximate surface area is 103 Å². The number of aromatic nitrogens is 1. The molecular weight excluding hydrogens is 208 g/mol. The molecule has 17 heavy (non-hydrogen) atoms. The summed E-state index contributed by atoms with van der Waals surface area (Å²) < 4.78 is 2.43. The Morgan fingerprint density at radius 3 is 2.94 bits per heavy atom. The van der Waals surface area contributed by atoms with Crippen molar-refractivity contribution >= 4 is 10.9 Å². The smallest absolute Gasteiger partial charge is 0.0482 e. The Hall–Kier alpha value is -1.28. The second-order valence-electron chi connectivity index (χ2n) is 5.08. The predicted molar refractivity (Wildman–Crippen MR) is 72.3 cm³/mol. The van der Waals surface area contributed by atoms with Crippen molar-refractivity contribution in [3.63, 3.8) is 0 Å². The number of rotatable bonds is 5. The van der Waals surface area contributed by atoms with Crippen LogP contribution in [0.4, 0.5) is 0 Å². The summed E-state index contributed by atoms with van der Waals surface area (Å²) >= 11 is 0. The zero-order valence-corrected chi connectivity index (χ0v) is 10.4. The van der Waals surface area contributed by atoms with Crippen molar-refractivity contribution in [3.05, 3.63) is 36.0 Å². The summed E-state index contributed by atoms with van der Waals surface area (Å²) in [6.45, 7) is 4.48. The van der Waals surface area contributed by atoms with Gasteiger partial charge in [0.15, 0.2) is 0 Å². The molecule has 2 nitrogen and oxygen atoms in total. The van der Waals surface area contributed by atoms with E-state index >= 15 is 0 Å². The van der Waals surface area contributed by atoms with Crippen molar-refractivity contribution in [2.75, 3.05) is 6.54 Å². The first-order chi connectivity index (χ1) is 8.34. The van der Waals surface area contributed by atoms with E-state index in [1.54, 1.807) is 0 Å². The van der Waals surface area contributed by atoms with Crippen molar-refractivity contribution in [2.45, 2.75) is 38.8 Å². The molecule has 2 heteroatoms. The lowest BCUT2D eigenvalue weighted by Gasteiger charge is -2.08. The predicted octanol–water partition coefficient (Wildman–Crippen LogP) is 3.09. The summed E-state index contributed by atoms with van der Waals surface area (Å²) in [5.41, 5.74) is 2.74. The molecule has 1 heterocycles. The fourth-order valence-corrected chi connectivity index (χ4v) is 2.48. The molecule has 1 aromatic heterocycles. The van der Waals surface area contributed by atoms with E-state index in [1.807, 2.05) is 0 Å². The van der Waals surface area contributed by atoms with Crippen LogP contribution in [0.15, 0.2) is 30.3 Å². The average Bonchev–Trinajstić information content (AvgIpc) is 3.09. The molecule has 0 saturated heterocycles. The maximum absolute atomic E-state index is 3.57. The molecule has 2 aromatic rings. The minimum Gasteiger partial charge on any atom is -0.345 e. The van der Waals surface area contributed by atoms with Crippen molar-refractivity contribution in [3.8, 4) is 0 Å². The molecule has 1 aliphatic rings. The highest BCUT2D eigenvalue weighted by Gasteiger charge is 2.19. The third kappa shape index (κ3) is 2.37. The maximum atomic E-state index is 3.57. The van der Waals surface area contributed by atoms with Crippen LogP contribution in [0, 0.1) is 6.92 Å². The molecule has 3 rings (SSSR count). The zero-order chi connectivity index (χ0) is 11.7. The van der Waals surface area contributed by atoms with E-state index in [9.17, 15) is 0 Å². The Kier molecular flexibility index (Phi) is 2.89. The van der Waals surface area contributed by atoms with Crippen LogP contribution >= 0.6 is 0 Å². The van der Waals surface area contributed by atoms with E-state index in [4.69, 9.17) is 0 Å². The Morgan fingerprint density at radius 1 is 1.29 bits per heavy atom. The molecule has 1 aliphatic carbocycles. The third-order valence-electron chi connectivity index (χ3n) is 3.59. The minimum absolute atomic E-state index is 0.831. The van der Waals surface area contributed by atoms with Crippen LogP contribution in [0.3, 0.4) is 0 Å². The quantitative estimate of drug-likeness (QED) is 0.778. The van der Waals surface area contributed by atoms with E-state index in [0.717, 1.165) is 19.1 Å². The maximum Gasteiger partial charge on any atom is 0.0482 e. The largest absolute Gasteiger partial charge is 0.345 e. The summed E-state index contributed by atoms with van der Waals surface area (Å²) in [6.07, 6.45) is 3.98. The molecule has 90 valence electrons. The Balaban J connectivity index is 1.68. The average molecular weight is 228 g/mol. The van der Waals surface area contributed by atoms with Crippen LogP contribution in [0.25, 0.3) is 10.9 Å². The molecule has 0 bridgehead atoms. The molecule has 0 amide bonds. The number of aryl methyl sites for hydroxylation is 2. The van der Waals surface area contributed by atoms with E-state index in [1.165, 1.54) is 35.9 Å². The molecule has 0 radical (unpaired) electrons. The molecule has 0 aliphatic heterocycles. The number of hydrogen-bond acceptors (Lipinski definition) is 1. The first-order valence-corrected chi connectivity index (χ1v) is 6.63. The summed E-state index contributed by atoms with van der Waals surface area (Å²) in [6, 6.07) is 11.8. The normalized spacial score (nSPS) is 15.6. The Morgan fingerprint density at radius 2 is 2.12 bits per heavy atom. The number of benzene rings is 1. The van der Waals surface area contributed by atoms with Gasteiger partial charge in [-0.15, -0.1) is 0 Å². The van der Waals surface area contributed by atoms with Gasteiger partial charge in [-0.25, -0.2) is 0 Å². The lowest BCUT2D eigenvalue weighted by molar-refractivity contribution is 0.582. The first kappa shape index (κ1) is 10.8. The van der Waals surface area contributed by atoms with Crippen LogP contribution in [0.5, 0.6) is 0 Å². The summed E-state index contributed by atoms with van der Waals surface area (Å²) in [5.74, 6) is 0. The van der Waals surface area contributed by atoms with Crippen molar-refractivity contribution < 1.29 is 0 Å². The van der Waals surface area contributed by atoms with Gasteiger partial charge in [-0.2, -0.15) is 0 Å². The molecule has 1 fully saturated rings. The van der Waals surface area contributed by atoms with E-state index < -0.39 is 0 Å². The van der Waals surface area contributed by atoms with Gasteiger partial charge in [-0.1, -0.05) is 18.2 Å². The van der Waals surface area contributed by atoms with Gasteiger partial charge in [-0.05, 0) is 50.2 Å². The van der Waals surface area contributed by atoms with Crippen LogP contribution in [0.2, 0.25) is 0 Å². The number of nitrogens with zero attached hydrogens (tertiary/aromatic N) is 1. The van der Waals surface area contributed by atoms with Crippen molar-refractivity contribution in [2.24, 2.45) is 0 Å². The SMILES string of the molecule is Cc1cc2ccccc2n1CCCNC1CC1. The van der Waals surface area contributed by atoms with Crippen LogP contribution < -0.4 is 5.32 Å². The van der Waals surface area contributed by atoms with E-state index in [0.29, 0.717) is 0 Å². The first-order valence-electron chi connectivity index (χ1n) is 6.63. The van der Waals surface area contributed by atoms with Gasteiger partial charge in [-0.3, -0.25) is 0 Å². The summed E-state index contributed by atoms with van der Waals surface area (Å²) in [7, 11) is 0. The monoisotopic (exact) mass is 228 g/mol. The molecule has 0 atom stereocenters. The van der Waals surface area contributed by atoms with Crippen LogP contribution in [-0.4, -0.2) is 17.2 Å². The third-order valence-corrected chi connectivity index (χ3v) is 3.59. The van der Waals surface area contributed by atoms with Gasteiger partial charge < -0.3 is 9.88 Å². The van der Waals surface area contributed by atoms with E-state index in [-0.39, 0.29) is 0 Å². The van der Waals surface area contributed by atoms with Crippen LogP contribution in [-0.2, 0) is 6.54 Å². The van der Waals surface area contributed by atoms with Gasteiger partial charge >= 0.3 is 0 Å². The van der Waals surface area contributed by atoms with Gasteiger partial charge in [0.05, 0.1) is 0 Å². The highest BCUT2D eigenvalue weighted by Crippen LogP contribution is 2.20. The van der Waals surface area contributed by atoms with Crippen molar-refractivity contribution in [1.82, 2.24) is 9.88 Å². The second kappa shape index (κ2) is 4.53. The fraction of sp³-hybridized carbons (Fsp3) is 0.467. The Bertz CT molecular complexity index is 509. The topological polar surface area (TPSA) is 17.0 Å². The van der Waals surface area contributed by atoms with Gasteiger partial charge in [0.2, 0.25) is 0 Å². The van der Waals surface area contributed by atoms with E-state index in [2.05, 4.69) is 47.1 Å².